The maximum atomic E-state index is 11.8. The lowest BCUT2D eigenvalue weighted by Gasteiger charge is -2.33. The molecular formula is C18H30N4O. The molecule has 1 aromatic rings. The first-order valence-electron chi connectivity index (χ1n) is 8.74. The zero-order chi connectivity index (χ0) is 16.7. The molecule has 0 saturated carbocycles. The number of nitrogens with zero attached hydrogens (tertiary/aromatic N) is 3. The van der Waals surface area contributed by atoms with Gasteiger partial charge in [-0.2, -0.15) is 0 Å². The van der Waals surface area contributed by atoms with E-state index < -0.39 is 0 Å². The van der Waals surface area contributed by atoms with Crippen LogP contribution in [0.15, 0.2) is 28.0 Å². The summed E-state index contributed by atoms with van der Waals surface area (Å²) >= 11 is 0. The van der Waals surface area contributed by atoms with Crippen LogP contribution in [-0.4, -0.2) is 42.1 Å². The molecule has 1 unspecified atom stereocenters. The molecule has 0 radical (unpaired) electrons. The zero-order valence-corrected chi connectivity index (χ0v) is 14.7. The van der Waals surface area contributed by atoms with E-state index in [1.54, 1.807) is 6.07 Å². The van der Waals surface area contributed by atoms with Gasteiger partial charge in [-0.3, -0.25) is 9.79 Å². The highest BCUT2D eigenvalue weighted by atomic mass is 16.1. The normalized spacial score (nSPS) is 19.0. The number of guanidine groups is 1. The van der Waals surface area contributed by atoms with Gasteiger partial charge in [0.05, 0.1) is 0 Å². The quantitative estimate of drug-likeness (QED) is 0.515. The number of hydrogen-bond donors (Lipinski definition) is 1. The van der Waals surface area contributed by atoms with Gasteiger partial charge < -0.3 is 14.8 Å². The smallest absolute Gasteiger partial charge is 0.250 e. The van der Waals surface area contributed by atoms with Crippen molar-refractivity contribution < 1.29 is 0 Å². The maximum absolute atomic E-state index is 11.8. The topological polar surface area (TPSA) is 49.6 Å². The van der Waals surface area contributed by atoms with E-state index in [0.717, 1.165) is 56.6 Å². The van der Waals surface area contributed by atoms with Crippen LogP contribution in [0.2, 0.25) is 0 Å². The average molecular weight is 318 g/mol. The second-order valence-corrected chi connectivity index (χ2v) is 6.53. The Kier molecular flexibility index (Phi) is 6.68. The molecule has 2 heterocycles. The zero-order valence-electron chi connectivity index (χ0n) is 14.7. The van der Waals surface area contributed by atoms with Crippen LogP contribution in [-0.2, 0) is 6.54 Å². The highest BCUT2D eigenvalue weighted by Gasteiger charge is 2.18. The molecule has 0 aliphatic carbocycles. The fraction of sp³-hybridized carbons (Fsp3) is 0.667. The molecule has 0 bridgehead atoms. The highest BCUT2D eigenvalue weighted by molar-refractivity contribution is 5.79. The third kappa shape index (κ3) is 5.12. The van der Waals surface area contributed by atoms with Crippen molar-refractivity contribution in [3.8, 4) is 0 Å². The third-order valence-corrected chi connectivity index (χ3v) is 4.53. The first-order chi connectivity index (χ1) is 11.1. The molecule has 1 atom stereocenters. The van der Waals surface area contributed by atoms with Crippen molar-refractivity contribution in [3.05, 3.63) is 34.2 Å². The van der Waals surface area contributed by atoms with Gasteiger partial charge in [-0.05, 0) is 44.6 Å². The summed E-state index contributed by atoms with van der Waals surface area (Å²) in [6.07, 6.45) is 4.59. The van der Waals surface area contributed by atoms with Gasteiger partial charge in [-0.1, -0.05) is 13.0 Å². The molecule has 1 aromatic heterocycles. The second kappa shape index (κ2) is 8.75. The Morgan fingerprint density at radius 1 is 1.39 bits per heavy atom. The average Bonchev–Trinajstić information content (AvgIpc) is 2.53. The van der Waals surface area contributed by atoms with Crippen LogP contribution in [0.4, 0.5) is 0 Å². The summed E-state index contributed by atoms with van der Waals surface area (Å²) in [7, 11) is 1.86. The molecule has 0 spiro atoms. The predicted molar refractivity (Wildman–Crippen MR) is 96.0 cm³/mol. The summed E-state index contributed by atoms with van der Waals surface area (Å²) in [5.41, 5.74) is 1.12. The second-order valence-electron chi connectivity index (χ2n) is 6.53. The Morgan fingerprint density at radius 3 is 2.91 bits per heavy atom. The minimum absolute atomic E-state index is 0.0936. The molecule has 23 heavy (non-hydrogen) atoms. The van der Waals surface area contributed by atoms with E-state index in [4.69, 9.17) is 0 Å². The number of aromatic nitrogens is 1. The molecule has 0 aromatic carbocycles. The van der Waals surface area contributed by atoms with Gasteiger partial charge >= 0.3 is 0 Å². The van der Waals surface area contributed by atoms with E-state index in [1.165, 1.54) is 12.8 Å². The summed E-state index contributed by atoms with van der Waals surface area (Å²) < 4.78 is 1.85. The van der Waals surface area contributed by atoms with Crippen molar-refractivity contribution in [2.45, 2.75) is 46.1 Å². The van der Waals surface area contributed by atoms with E-state index in [9.17, 15) is 4.79 Å². The van der Waals surface area contributed by atoms with Gasteiger partial charge in [-0.15, -0.1) is 0 Å². The Labute approximate surface area is 139 Å². The predicted octanol–water partition coefficient (Wildman–Crippen LogP) is 2.24. The molecule has 1 aliphatic heterocycles. The lowest BCUT2D eigenvalue weighted by atomic mass is 10.0. The maximum Gasteiger partial charge on any atom is 0.250 e. The van der Waals surface area contributed by atoms with Crippen LogP contribution in [0.5, 0.6) is 0 Å². The van der Waals surface area contributed by atoms with Gasteiger partial charge in [0, 0.05) is 45.0 Å². The molecule has 1 fully saturated rings. The van der Waals surface area contributed by atoms with Crippen LogP contribution in [0, 0.1) is 12.8 Å². The molecule has 2 rings (SSSR count). The number of rotatable bonds is 5. The summed E-state index contributed by atoms with van der Waals surface area (Å²) in [6.45, 7) is 8.17. The Morgan fingerprint density at radius 2 is 2.22 bits per heavy atom. The number of piperidine rings is 1. The van der Waals surface area contributed by atoms with E-state index in [0.29, 0.717) is 0 Å². The fourth-order valence-electron chi connectivity index (χ4n) is 3.22. The minimum Gasteiger partial charge on any atom is -0.356 e. The van der Waals surface area contributed by atoms with E-state index in [2.05, 4.69) is 22.1 Å². The van der Waals surface area contributed by atoms with Crippen molar-refractivity contribution in [3.63, 3.8) is 0 Å². The monoisotopic (exact) mass is 318 g/mol. The van der Waals surface area contributed by atoms with Gasteiger partial charge in [0.2, 0.25) is 0 Å². The van der Waals surface area contributed by atoms with Gasteiger partial charge in [0.15, 0.2) is 5.96 Å². The molecule has 0 amide bonds. The number of aliphatic imine (C=N–C) groups is 1. The van der Waals surface area contributed by atoms with Crippen LogP contribution in [0.25, 0.3) is 0 Å². The molecule has 1 N–H and O–H groups in total. The van der Waals surface area contributed by atoms with Crippen molar-refractivity contribution >= 4 is 5.96 Å². The lowest BCUT2D eigenvalue weighted by Crippen LogP contribution is -2.46. The van der Waals surface area contributed by atoms with Crippen LogP contribution >= 0.6 is 0 Å². The van der Waals surface area contributed by atoms with Crippen LogP contribution in [0.3, 0.4) is 0 Å². The molecule has 5 nitrogen and oxygen atoms in total. The highest BCUT2D eigenvalue weighted by Crippen LogP contribution is 2.15. The largest absolute Gasteiger partial charge is 0.356 e. The molecule has 1 saturated heterocycles. The standard InChI is InChI=1S/C18H30N4O/c1-15-8-7-12-21(14-15)18(19-3)20-11-4-5-13-22-16(2)9-6-10-17(22)23/h6,9-10,15H,4-5,7-8,11-14H2,1-3H3,(H,19,20). The van der Waals surface area contributed by atoms with Gasteiger partial charge in [0.25, 0.3) is 5.56 Å². The Hall–Kier alpha value is -1.78. The number of pyridine rings is 1. The van der Waals surface area contributed by atoms with Crippen LogP contribution < -0.4 is 10.9 Å². The molecular weight excluding hydrogens is 288 g/mol. The summed E-state index contributed by atoms with van der Waals surface area (Å²) in [5.74, 6) is 1.76. The van der Waals surface area contributed by atoms with E-state index in [1.807, 2.05) is 30.7 Å². The number of hydrogen-bond acceptors (Lipinski definition) is 2. The first-order valence-corrected chi connectivity index (χ1v) is 8.74. The number of aryl methyl sites for hydroxylation is 1. The number of likely N-dealkylation sites (tertiary alicyclic amines) is 1. The van der Waals surface area contributed by atoms with Crippen molar-refractivity contribution in [2.24, 2.45) is 10.9 Å². The summed E-state index contributed by atoms with van der Waals surface area (Å²) in [6, 6.07) is 5.43. The van der Waals surface area contributed by atoms with Crippen molar-refractivity contribution in [2.75, 3.05) is 26.7 Å². The number of nitrogens with one attached hydrogen (secondary N) is 1. The van der Waals surface area contributed by atoms with Crippen molar-refractivity contribution in [1.29, 1.82) is 0 Å². The molecule has 128 valence electrons. The lowest BCUT2D eigenvalue weighted by molar-refractivity contribution is 0.266. The summed E-state index contributed by atoms with van der Waals surface area (Å²) in [4.78, 5) is 18.6. The first kappa shape index (κ1) is 17.6. The van der Waals surface area contributed by atoms with E-state index >= 15 is 0 Å². The molecule has 1 aliphatic rings. The van der Waals surface area contributed by atoms with E-state index in [-0.39, 0.29) is 5.56 Å². The van der Waals surface area contributed by atoms with Crippen LogP contribution in [0.1, 0.15) is 38.3 Å². The number of unbranched alkanes of at least 4 members (excludes halogenated alkanes) is 1. The third-order valence-electron chi connectivity index (χ3n) is 4.53. The Balaban J connectivity index is 1.73. The van der Waals surface area contributed by atoms with Gasteiger partial charge in [-0.25, -0.2) is 0 Å². The minimum atomic E-state index is 0.0936. The van der Waals surface area contributed by atoms with Crippen molar-refractivity contribution in [1.82, 2.24) is 14.8 Å². The summed E-state index contributed by atoms with van der Waals surface area (Å²) in [5, 5.41) is 3.46. The Bertz CT molecular complexity index is 579. The fourth-order valence-corrected chi connectivity index (χ4v) is 3.22. The molecule has 5 heteroatoms. The van der Waals surface area contributed by atoms with Gasteiger partial charge in [0.1, 0.15) is 0 Å². The SMILES string of the molecule is CN=C(NCCCCn1c(C)cccc1=O)N1CCCC(C)C1.